The number of benzene rings is 2. The Morgan fingerprint density at radius 2 is 2.00 bits per heavy atom. The van der Waals surface area contributed by atoms with Crippen molar-refractivity contribution >= 4 is 11.6 Å². The molecule has 2 aromatic carbocycles. The van der Waals surface area contributed by atoms with Crippen molar-refractivity contribution in [3.63, 3.8) is 0 Å². The van der Waals surface area contributed by atoms with Gasteiger partial charge in [0.25, 0.3) is 0 Å². The molecule has 1 fully saturated rings. The minimum absolute atomic E-state index is 0.0833. The predicted octanol–water partition coefficient (Wildman–Crippen LogP) is 2.99. The molecule has 0 saturated carbocycles. The van der Waals surface area contributed by atoms with E-state index in [-0.39, 0.29) is 5.91 Å². The molecule has 4 heteroatoms. The van der Waals surface area contributed by atoms with Crippen molar-refractivity contribution in [3.8, 4) is 11.1 Å². The maximum absolute atomic E-state index is 11.6. The molecule has 1 N–H and O–H groups in total. The van der Waals surface area contributed by atoms with E-state index in [1.54, 1.807) is 0 Å². The highest BCUT2D eigenvalue weighted by Gasteiger charge is 2.19. The minimum atomic E-state index is 0.0833. The first-order valence-corrected chi connectivity index (χ1v) is 8.52. The summed E-state index contributed by atoms with van der Waals surface area (Å²) in [6.45, 7) is 6.80. The molecule has 0 aromatic heterocycles. The van der Waals surface area contributed by atoms with Crippen LogP contribution in [-0.4, -0.2) is 37.1 Å². The van der Waals surface area contributed by atoms with Crippen molar-refractivity contribution in [2.24, 2.45) is 0 Å². The first-order chi connectivity index (χ1) is 11.7. The zero-order valence-electron chi connectivity index (χ0n) is 14.0. The van der Waals surface area contributed by atoms with Crippen LogP contribution < -0.4 is 5.32 Å². The molecule has 24 heavy (non-hydrogen) atoms. The SMILES string of the molecule is Cc1c(CN2CCOCC2)cccc1-c1ccc2c(c1)CC(=O)N2. The number of carbonyl (C=O) groups excluding carboxylic acids is 1. The number of hydrogen-bond donors (Lipinski definition) is 1. The second-order valence-corrected chi connectivity index (χ2v) is 6.58. The quantitative estimate of drug-likeness (QED) is 0.944. The normalized spacial score (nSPS) is 17.6. The van der Waals surface area contributed by atoms with Gasteiger partial charge in [0.05, 0.1) is 19.6 Å². The van der Waals surface area contributed by atoms with Crippen LogP contribution in [0.1, 0.15) is 16.7 Å². The van der Waals surface area contributed by atoms with Crippen molar-refractivity contribution in [2.75, 3.05) is 31.6 Å². The largest absolute Gasteiger partial charge is 0.379 e. The van der Waals surface area contributed by atoms with E-state index in [0.29, 0.717) is 6.42 Å². The zero-order valence-corrected chi connectivity index (χ0v) is 14.0. The Morgan fingerprint density at radius 3 is 2.83 bits per heavy atom. The van der Waals surface area contributed by atoms with E-state index < -0.39 is 0 Å². The number of hydrogen-bond acceptors (Lipinski definition) is 3. The van der Waals surface area contributed by atoms with Crippen LogP contribution in [-0.2, 0) is 22.5 Å². The third-order valence-corrected chi connectivity index (χ3v) is 4.98. The molecular weight excluding hydrogens is 300 g/mol. The number of nitrogens with zero attached hydrogens (tertiary/aromatic N) is 1. The summed E-state index contributed by atoms with van der Waals surface area (Å²) in [6, 6.07) is 12.8. The van der Waals surface area contributed by atoms with Gasteiger partial charge in [-0.3, -0.25) is 9.69 Å². The standard InChI is InChI=1S/C20H22N2O2/c1-14-16(13-22-7-9-24-10-8-22)3-2-4-18(14)15-5-6-19-17(11-15)12-20(23)21-19/h2-6,11H,7-10,12-13H2,1H3,(H,21,23). The van der Waals surface area contributed by atoms with Crippen LogP contribution in [0.15, 0.2) is 36.4 Å². The van der Waals surface area contributed by atoms with Gasteiger partial charge in [0.2, 0.25) is 5.91 Å². The molecule has 2 aromatic rings. The van der Waals surface area contributed by atoms with Crippen LogP contribution in [0.4, 0.5) is 5.69 Å². The summed E-state index contributed by atoms with van der Waals surface area (Å²) in [5.74, 6) is 0.0833. The van der Waals surface area contributed by atoms with Gasteiger partial charge in [-0.05, 0) is 46.9 Å². The molecule has 0 spiro atoms. The van der Waals surface area contributed by atoms with Crippen LogP contribution in [0.5, 0.6) is 0 Å². The molecule has 4 nitrogen and oxygen atoms in total. The summed E-state index contributed by atoms with van der Waals surface area (Å²) in [5, 5.41) is 2.90. The number of anilines is 1. The third-order valence-electron chi connectivity index (χ3n) is 4.98. The van der Waals surface area contributed by atoms with E-state index >= 15 is 0 Å². The summed E-state index contributed by atoms with van der Waals surface area (Å²) in [7, 11) is 0. The second-order valence-electron chi connectivity index (χ2n) is 6.58. The smallest absolute Gasteiger partial charge is 0.228 e. The molecule has 2 heterocycles. The molecule has 4 rings (SSSR count). The number of nitrogens with one attached hydrogen (secondary N) is 1. The Labute approximate surface area is 142 Å². The Hall–Kier alpha value is -2.17. The lowest BCUT2D eigenvalue weighted by atomic mass is 9.94. The van der Waals surface area contributed by atoms with Gasteiger partial charge < -0.3 is 10.1 Å². The zero-order chi connectivity index (χ0) is 16.5. The summed E-state index contributed by atoms with van der Waals surface area (Å²) >= 11 is 0. The molecule has 0 aliphatic carbocycles. The number of rotatable bonds is 3. The summed E-state index contributed by atoms with van der Waals surface area (Å²) in [5.41, 5.74) is 7.17. The fourth-order valence-electron chi connectivity index (χ4n) is 3.56. The first kappa shape index (κ1) is 15.4. The van der Waals surface area contributed by atoms with E-state index in [1.807, 2.05) is 6.07 Å². The number of morpholine rings is 1. The van der Waals surface area contributed by atoms with E-state index in [2.05, 4.69) is 47.5 Å². The Balaban J connectivity index is 1.63. The fourth-order valence-corrected chi connectivity index (χ4v) is 3.56. The minimum Gasteiger partial charge on any atom is -0.379 e. The van der Waals surface area contributed by atoms with Gasteiger partial charge in [0.15, 0.2) is 0 Å². The average molecular weight is 322 g/mol. The van der Waals surface area contributed by atoms with Crippen molar-refractivity contribution in [1.82, 2.24) is 4.90 Å². The highest BCUT2D eigenvalue weighted by Crippen LogP contribution is 2.32. The van der Waals surface area contributed by atoms with Crippen molar-refractivity contribution in [3.05, 3.63) is 53.1 Å². The van der Waals surface area contributed by atoms with Crippen molar-refractivity contribution in [1.29, 1.82) is 0 Å². The molecule has 1 saturated heterocycles. The van der Waals surface area contributed by atoms with Crippen LogP contribution in [0, 0.1) is 6.92 Å². The van der Waals surface area contributed by atoms with Crippen LogP contribution in [0.25, 0.3) is 11.1 Å². The maximum Gasteiger partial charge on any atom is 0.228 e. The highest BCUT2D eigenvalue weighted by atomic mass is 16.5. The van der Waals surface area contributed by atoms with Gasteiger partial charge in [-0.1, -0.05) is 24.3 Å². The topological polar surface area (TPSA) is 41.6 Å². The molecule has 0 radical (unpaired) electrons. The maximum atomic E-state index is 11.6. The van der Waals surface area contributed by atoms with Crippen molar-refractivity contribution in [2.45, 2.75) is 19.9 Å². The van der Waals surface area contributed by atoms with Gasteiger partial charge in [-0.15, -0.1) is 0 Å². The first-order valence-electron chi connectivity index (χ1n) is 8.52. The molecular formula is C20H22N2O2. The molecule has 2 aliphatic heterocycles. The Bertz CT molecular complexity index is 779. The molecule has 0 unspecified atom stereocenters. The van der Waals surface area contributed by atoms with Gasteiger partial charge in [0, 0.05) is 25.3 Å². The van der Waals surface area contributed by atoms with Gasteiger partial charge >= 0.3 is 0 Å². The van der Waals surface area contributed by atoms with Crippen molar-refractivity contribution < 1.29 is 9.53 Å². The highest BCUT2D eigenvalue weighted by molar-refractivity contribution is 5.99. The average Bonchev–Trinajstić information content (AvgIpc) is 2.97. The second kappa shape index (κ2) is 6.38. The third kappa shape index (κ3) is 2.95. The lowest BCUT2D eigenvalue weighted by Gasteiger charge is -2.27. The molecule has 2 aliphatic rings. The number of fused-ring (bicyclic) bond motifs is 1. The number of amides is 1. The molecule has 0 bridgehead atoms. The number of carbonyl (C=O) groups is 1. The predicted molar refractivity (Wildman–Crippen MR) is 95.0 cm³/mol. The van der Waals surface area contributed by atoms with E-state index in [0.717, 1.165) is 44.1 Å². The summed E-state index contributed by atoms with van der Waals surface area (Å²) in [4.78, 5) is 14.0. The lowest BCUT2D eigenvalue weighted by Crippen LogP contribution is -2.35. The van der Waals surface area contributed by atoms with E-state index in [9.17, 15) is 4.79 Å². The van der Waals surface area contributed by atoms with Gasteiger partial charge in [-0.25, -0.2) is 0 Å². The number of ether oxygens (including phenoxy) is 1. The fraction of sp³-hybridized carbons (Fsp3) is 0.350. The molecule has 0 atom stereocenters. The Kier molecular flexibility index (Phi) is 4.08. The van der Waals surface area contributed by atoms with Crippen LogP contribution in [0.2, 0.25) is 0 Å². The summed E-state index contributed by atoms with van der Waals surface area (Å²) in [6.07, 6.45) is 0.482. The Morgan fingerprint density at radius 1 is 1.17 bits per heavy atom. The van der Waals surface area contributed by atoms with E-state index in [1.165, 1.54) is 22.3 Å². The van der Waals surface area contributed by atoms with Gasteiger partial charge in [-0.2, -0.15) is 0 Å². The molecule has 1 amide bonds. The lowest BCUT2D eigenvalue weighted by molar-refractivity contribution is -0.115. The van der Waals surface area contributed by atoms with Gasteiger partial charge in [0.1, 0.15) is 0 Å². The van der Waals surface area contributed by atoms with Crippen LogP contribution in [0.3, 0.4) is 0 Å². The van der Waals surface area contributed by atoms with E-state index in [4.69, 9.17) is 4.74 Å². The summed E-state index contributed by atoms with van der Waals surface area (Å²) < 4.78 is 5.44. The monoisotopic (exact) mass is 322 g/mol. The molecule has 124 valence electrons. The van der Waals surface area contributed by atoms with Crippen LogP contribution >= 0.6 is 0 Å².